The summed E-state index contributed by atoms with van der Waals surface area (Å²) < 4.78 is 13.3. The molecule has 16 heavy (non-hydrogen) atoms. The molecular weight excluding hydrogens is 203 g/mol. The van der Waals surface area contributed by atoms with Crippen LogP contribution in [0.1, 0.15) is 32.8 Å². The van der Waals surface area contributed by atoms with Gasteiger partial charge in [-0.05, 0) is 24.0 Å². The maximum atomic E-state index is 13.3. The fourth-order valence-corrected chi connectivity index (χ4v) is 1.24. The van der Waals surface area contributed by atoms with Gasteiger partial charge in [0.2, 0.25) is 0 Å². The van der Waals surface area contributed by atoms with Gasteiger partial charge in [-0.1, -0.05) is 26.8 Å². The summed E-state index contributed by atoms with van der Waals surface area (Å²) >= 11 is 0. The van der Waals surface area contributed by atoms with Gasteiger partial charge in [0.05, 0.1) is 5.69 Å². The zero-order valence-corrected chi connectivity index (χ0v) is 9.97. The highest BCUT2D eigenvalue weighted by Gasteiger charge is 2.16. The molecule has 0 amide bonds. The van der Waals surface area contributed by atoms with Crippen molar-refractivity contribution in [3.05, 3.63) is 29.6 Å². The highest BCUT2D eigenvalue weighted by molar-refractivity contribution is 5.57. The molecule has 0 saturated heterocycles. The minimum Gasteiger partial charge on any atom is -0.383 e. The lowest BCUT2D eigenvalue weighted by molar-refractivity contribution is 0.377. The van der Waals surface area contributed by atoms with Crippen LogP contribution in [0.25, 0.3) is 0 Å². The lowest BCUT2D eigenvalue weighted by Gasteiger charge is -2.23. The molecule has 0 saturated carbocycles. The van der Waals surface area contributed by atoms with Gasteiger partial charge >= 0.3 is 0 Å². The van der Waals surface area contributed by atoms with E-state index in [0.717, 1.165) is 13.0 Å². The van der Waals surface area contributed by atoms with Crippen molar-refractivity contribution in [2.45, 2.75) is 27.2 Å². The van der Waals surface area contributed by atoms with E-state index in [1.54, 1.807) is 12.1 Å². The van der Waals surface area contributed by atoms with Gasteiger partial charge in [-0.3, -0.25) is 0 Å². The van der Waals surface area contributed by atoms with Crippen LogP contribution in [-0.2, 0) is 0 Å². The summed E-state index contributed by atoms with van der Waals surface area (Å²) in [4.78, 5) is 0. The number of hydrogen-bond donors (Lipinski definition) is 1. The Bertz CT molecular complexity index is 405. The van der Waals surface area contributed by atoms with Crippen molar-refractivity contribution in [1.82, 2.24) is 0 Å². The molecule has 0 spiro atoms. The Morgan fingerprint density at radius 2 is 2.12 bits per heavy atom. The zero-order chi connectivity index (χ0) is 12.2. The topological polar surface area (TPSA) is 35.8 Å². The van der Waals surface area contributed by atoms with Crippen LogP contribution < -0.4 is 5.32 Å². The van der Waals surface area contributed by atoms with E-state index in [9.17, 15) is 4.39 Å². The summed E-state index contributed by atoms with van der Waals surface area (Å²) in [7, 11) is 0. The highest BCUT2D eigenvalue weighted by atomic mass is 19.1. The molecule has 0 heterocycles. The Labute approximate surface area is 96.1 Å². The second-order valence-electron chi connectivity index (χ2n) is 4.65. The number of nitrogens with zero attached hydrogens (tertiary/aromatic N) is 1. The molecule has 0 fully saturated rings. The molecule has 1 N–H and O–H groups in total. The number of nitrogens with one attached hydrogen (secondary N) is 1. The standard InChI is InChI=1S/C13H17FN2/c1-4-13(2,3)9-16-12-7-5-6-11(14)10(12)8-15/h5-7,16H,4,9H2,1-3H3. The Balaban J connectivity index is 2.83. The van der Waals surface area contributed by atoms with Crippen molar-refractivity contribution in [3.63, 3.8) is 0 Å². The first-order chi connectivity index (χ1) is 7.50. The number of anilines is 1. The van der Waals surface area contributed by atoms with Crippen LogP contribution in [-0.4, -0.2) is 6.54 Å². The molecule has 0 aliphatic rings. The Hall–Kier alpha value is -1.56. The fourth-order valence-electron chi connectivity index (χ4n) is 1.24. The van der Waals surface area contributed by atoms with Crippen LogP contribution in [0.3, 0.4) is 0 Å². The minimum atomic E-state index is -0.471. The van der Waals surface area contributed by atoms with Crippen molar-refractivity contribution in [2.75, 3.05) is 11.9 Å². The van der Waals surface area contributed by atoms with E-state index in [0.29, 0.717) is 5.69 Å². The Morgan fingerprint density at radius 3 is 2.69 bits per heavy atom. The molecule has 3 heteroatoms. The fraction of sp³-hybridized carbons (Fsp3) is 0.462. The van der Waals surface area contributed by atoms with Crippen LogP contribution in [0.15, 0.2) is 18.2 Å². The maximum absolute atomic E-state index is 13.3. The third-order valence-electron chi connectivity index (χ3n) is 2.84. The van der Waals surface area contributed by atoms with Crippen LogP contribution in [0, 0.1) is 22.6 Å². The normalized spacial score (nSPS) is 10.9. The second-order valence-corrected chi connectivity index (χ2v) is 4.65. The molecule has 0 atom stereocenters. The van der Waals surface area contributed by atoms with E-state index in [2.05, 4.69) is 26.1 Å². The molecule has 0 aliphatic heterocycles. The van der Waals surface area contributed by atoms with Crippen molar-refractivity contribution in [2.24, 2.45) is 5.41 Å². The third kappa shape index (κ3) is 2.96. The molecule has 0 radical (unpaired) electrons. The van der Waals surface area contributed by atoms with E-state index in [-0.39, 0.29) is 11.0 Å². The molecule has 0 unspecified atom stereocenters. The molecule has 86 valence electrons. The number of hydrogen-bond acceptors (Lipinski definition) is 2. The Kier molecular flexibility index (Phi) is 3.89. The molecule has 0 bridgehead atoms. The number of halogens is 1. The maximum Gasteiger partial charge on any atom is 0.143 e. The number of benzene rings is 1. The lowest BCUT2D eigenvalue weighted by atomic mass is 9.90. The molecule has 1 aromatic rings. The average Bonchev–Trinajstić information content (AvgIpc) is 2.26. The first-order valence-corrected chi connectivity index (χ1v) is 5.42. The lowest BCUT2D eigenvalue weighted by Crippen LogP contribution is -2.22. The minimum absolute atomic E-state index is 0.0920. The largest absolute Gasteiger partial charge is 0.383 e. The van der Waals surface area contributed by atoms with Gasteiger partial charge in [0, 0.05) is 6.54 Å². The molecule has 0 aromatic heterocycles. The van der Waals surface area contributed by atoms with Crippen molar-refractivity contribution >= 4 is 5.69 Å². The second kappa shape index (κ2) is 4.98. The van der Waals surface area contributed by atoms with Crippen LogP contribution in [0.5, 0.6) is 0 Å². The summed E-state index contributed by atoms with van der Waals surface area (Å²) in [5, 5.41) is 12.0. The molecule has 2 nitrogen and oxygen atoms in total. The van der Waals surface area contributed by atoms with E-state index in [1.165, 1.54) is 6.07 Å². The van der Waals surface area contributed by atoms with Crippen molar-refractivity contribution in [3.8, 4) is 6.07 Å². The summed E-state index contributed by atoms with van der Waals surface area (Å²) in [6, 6.07) is 6.52. The highest BCUT2D eigenvalue weighted by Crippen LogP contribution is 2.23. The first kappa shape index (κ1) is 12.5. The summed E-state index contributed by atoms with van der Waals surface area (Å²) in [5.74, 6) is -0.471. The zero-order valence-electron chi connectivity index (χ0n) is 9.97. The molecule has 1 rings (SSSR count). The molecule has 0 aliphatic carbocycles. The third-order valence-corrected chi connectivity index (χ3v) is 2.84. The SMILES string of the molecule is CCC(C)(C)CNc1cccc(F)c1C#N. The average molecular weight is 220 g/mol. The van der Waals surface area contributed by atoms with E-state index in [1.807, 2.05) is 6.07 Å². The van der Waals surface area contributed by atoms with Crippen LogP contribution >= 0.6 is 0 Å². The summed E-state index contributed by atoms with van der Waals surface area (Å²) in [6.07, 6.45) is 1.03. The monoisotopic (exact) mass is 220 g/mol. The summed E-state index contributed by atoms with van der Waals surface area (Å²) in [6.45, 7) is 7.09. The van der Waals surface area contributed by atoms with E-state index in [4.69, 9.17) is 5.26 Å². The van der Waals surface area contributed by atoms with Gasteiger partial charge in [0.15, 0.2) is 0 Å². The van der Waals surface area contributed by atoms with Crippen molar-refractivity contribution in [1.29, 1.82) is 5.26 Å². The smallest absolute Gasteiger partial charge is 0.143 e. The molecule has 1 aromatic carbocycles. The van der Waals surface area contributed by atoms with Gasteiger partial charge < -0.3 is 5.32 Å². The van der Waals surface area contributed by atoms with E-state index >= 15 is 0 Å². The quantitative estimate of drug-likeness (QED) is 0.842. The van der Waals surface area contributed by atoms with Crippen LogP contribution in [0.2, 0.25) is 0 Å². The summed E-state index contributed by atoms with van der Waals surface area (Å²) in [5.41, 5.74) is 0.803. The van der Waals surface area contributed by atoms with Gasteiger partial charge in [0.25, 0.3) is 0 Å². The number of nitriles is 1. The van der Waals surface area contributed by atoms with Gasteiger partial charge in [-0.2, -0.15) is 5.26 Å². The predicted octanol–water partition coefficient (Wildman–Crippen LogP) is 3.55. The van der Waals surface area contributed by atoms with E-state index < -0.39 is 5.82 Å². The van der Waals surface area contributed by atoms with Gasteiger partial charge in [-0.25, -0.2) is 4.39 Å². The first-order valence-electron chi connectivity index (χ1n) is 5.42. The Morgan fingerprint density at radius 1 is 1.44 bits per heavy atom. The van der Waals surface area contributed by atoms with Crippen molar-refractivity contribution < 1.29 is 4.39 Å². The predicted molar refractivity (Wildman–Crippen MR) is 63.7 cm³/mol. The number of rotatable bonds is 4. The molecular formula is C13H17FN2. The van der Waals surface area contributed by atoms with Crippen LogP contribution in [0.4, 0.5) is 10.1 Å². The van der Waals surface area contributed by atoms with Gasteiger partial charge in [0.1, 0.15) is 17.4 Å². The van der Waals surface area contributed by atoms with Gasteiger partial charge in [-0.15, -0.1) is 0 Å².